The number of rotatable bonds is 4. The van der Waals surface area contributed by atoms with Crippen LogP contribution in [0.1, 0.15) is 50.2 Å². The Balaban J connectivity index is 1.69. The second kappa shape index (κ2) is 5.49. The SMILES string of the molecule is CC1(C)CCc2cccc(NS(=O)(=O)c3sccc3C3CC3)c2O1. The van der Waals surface area contributed by atoms with Gasteiger partial charge in [-0.25, -0.2) is 8.42 Å². The van der Waals surface area contributed by atoms with E-state index in [1.807, 2.05) is 37.4 Å². The van der Waals surface area contributed by atoms with E-state index in [0.717, 1.165) is 36.8 Å². The van der Waals surface area contributed by atoms with Gasteiger partial charge in [-0.2, -0.15) is 0 Å². The minimum absolute atomic E-state index is 0.281. The van der Waals surface area contributed by atoms with Gasteiger partial charge in [0.2, 0.25) is 0 Å². The van der Waals surface area contributed by atoms with Crippen molar-refractivity contribution in [2.45, 2.75) is 55.3 Å². The minimum atomic E-state index is -3.59. The van der Waals surface area contributed by atoms with Crippen molar-refractivity contribution in [1.82, 2.24) is 0 Å². The lowest BCUT2D eigenvalue weighted by Crippen LogP contribution is -2.33. The molecule has 2 aliphatic rings. The number of hydrogen-bond donors (Lipinski definition) is 1. The van der Waals surface area contributed by atoms with E-state index < -0.39 is 10.0 Å². The number of fused-ring (bicyclic) bond motifs is 1. The molecule has 0 radical (unpaired) electrons. The monoisotopic (exact) mass is 363 g/mol. The van der Waals surface area contributed by atoms with Crippen molar-refractivity contribution in [2.75, 3.05) is 4.72 Å². The second-order valence-corrected chi connectivity index (χ2v) is 9.99. The van der Waals surface area contributed by atoms with Gasteiger partial charge in [-0.15, -0.1) is 11.3 Å². The molecule has 1 aliphatic carbocycles. The molecule has 0 saturated heterocycles. The van der Waals surface area contributed by atoms with E-state index in [1.165, 1.54) is 11.3 Å². The van der Waals surface area contributed by atoms with Crippen molar-refractivity contribution in [1.29, 1.82) is 0 Å². The van der Waals surface area contributed by atoms with Gasteiger partial charge < -0.3 is 4.74 Å². The van der Waals surface area contributed by atoms with Crippen LogP contribution in [-0.2, 0) is 16.4 Å². The fourth-order valence-corrected chi connectivity index (χ4v) is 5.75. The molecule has 2 aromatic rings. The fourth-order valence-electron chi connectivity index (χ4n) is 3.16. The number of aryl methyl sites for hydroxylation is 1. The van der Waals surface area contributed by atoms with Crippen LogP contribution in [-0.4, -0.2) is 14.0 Å². The van der Waals surface area contributed by atoms with Crippen LogP contribution >= 0.6 is 11.3 Å². The highest BCUT2D eigenvalue weighted by molar-refractivity contribution is 7.94. The summed E-state index contributed by atoms with van der Waals surface area (Å²) in [6.07, 6.45) is 3.98. The maximum Gasteiger partial charge on any atom is 0.271 e. The van der Waals surface area contributed by atoms with Gasteiger partial charge in [0.1, 0.15) is 15.6 Å². The summed E-state index contributed by atoms with van der Waals surface area (Å²) in [4.78, 5) is 0. The normalized spacial score (nSPS) is 19.4. The molecule has 1 aromatic heterocycles. The van der Waals surface area contributed by atoms with Crippen LogP contribution in [0.25, 0.3) is 0 Å². The van der Waals surface area contributed by atoms with Crippen LogP contribution in [0.3, 0.4) is 0 Å². The Morgan fingerprint density at radius 2 is 2.04 bits per heavy atom. The number of sulfonamides is 1. The quantitative estimate of drug-likeness (QED) is 0.868. The molecule has 4 nitrogen and oxygen atoms in total. The zero-order valence-electron chi connectivity index (χ0n) is 13.8. The first-order valence-electron chi connectivity index (χ1n) is 8.27. The highest BCUT2D eigenvalue weighted by atomic mass is 32.2. The lowest BCUT2D eigenvalue weighted by Gasteiger charge is -2.33. The summed E-state index contributed by atoms with van der Waals surface area (Å²) in [6, 6.07) is 7.61. The number of thiophene rings is 1. The Morgan fingerprint density at radius 1 is 1.25 bits per heavy atom. The summed E-state index contributed by atoms with van der Waals surface area (Å²) >= 11 is 1.29. The Morgan fingerprint density at radius 3 is 2.79 bits per heavy atom. The molecule has 128 valence electrons. The maximum absolute atomic E-state index is 12.9. The van der Waals surface area contributed by atoms with Gasteiger partial charge >= 0.3 is 0 Å². The lowest BCUT2D eigenvalue weighted by atomic mass is 9.94. The van der Waals surface area contributed by atoms with Gasteiger partial charge in [0.15, 0.2) is 0 Å². The van der Waals surface area contributed by atoms with E-state index in [2.05, 4.69) is 4.72 Å². The maximum atomic E-state index is 12.9. The molecule has 0 atom stereocenters. The van der Waals surface area contributed by atoms with Gasteiger partial charge in [0.25, 0.3) is 10.0 Å². The van der Waals surface area contributed by atoms with E-state index in [-0.39, 0.29) is 5.60 Å². The first kappa shape index (κ1) is 16.0. The fraction of sp³-hybridized carbons (Fsp3) is 0.444. The topological polar surface area (TPSA) is 55.4 Å². The van der Waals surface area contributed by atoms with Crippen molar-refractivity contribution in [3.63, 3.8) is 0 Å². The number of ether oxygens (including phenoxy) is 1. The number of nitrogens with one attached hydrogen (secondary N) is 1. The summed E-state index contributed by atoms with van der Waals surface area (Å²) in [7, 11) is -3.59. The molecule has 1 saturated carbocycles. The van der Waals surface area contributed by atoms with E-state index in [0.29, 0.717) is 21.6 Å². The van der Waals surface area contributed by atoms with Crippen LogP contribution in [0.2, 0.25) is 0 Å². The second-order valence-electron chi connectivity index (χ2n) is 7.20. The molecular formula is C18H21NO3S2. The summed E-state index contributed by atoms with van der Waals surface area (Å²) in [6.45, 7) is 4.07. The average Bonchev–Trinajstić information content (AvgIpc) is 3.23. The summed E-state index contributed by atoms with van der Waals surface area (Å²) in [5.74, 6) is 1.07. The minimum Gasteiger partial charge on any atom is -0.485 e. The molecule has 0 unspecified atom stereocenters. The Bertz CT molecular complexity index is 879. The molecule has 0 amide bonds. The van der Waals surface area contributed by atoms with Gasteiger partial charge in [-0.05, 0) is 74.1 Å². The van der Waals surface area contributed by atoms with Crippen LogP contribution in [0.4, 0.5) is 5.69 Å². The molecular weight excluding hydrogens is 342 g/mol. The van der Waals surface area contributed by atoms with Gasteiger partial charge in [-0.3, -0.25) is 4.72 Å². The predicted octanol–water partition coefficient (Wildman–Crippen LogP) is 4.53. The first-order valence-corrected chi connectivity index (χ1v) is 10.6. The largest absolute Gasteiger partial charge is 0.485 e. The van der Waals surface area contributed by atoms with E-state index in [9.17, 15) is 8.42 Å². The van der Waals surface area contributed by atoms with Crippen LogP contribution in [0.15, 0.2) is 33.9 Å². The summed E-state index contributed by atoms with van der Waals surface area (Å²) in [5.41, 5.74) is 2.27. The predicted molar refractivity (Wildman–Crippen MR) is 96.6 cm³/mol. The Kier molecular flexibility index (Phi) is 3.65. The van der Waals surface area contributed by atoms with Crippen LogP contribution in [0.5, 0.6) is 5.75 Å². The smallest absolute Gasteiger partial charge is 0.271 e. The number of anilines is 1. The van der Waals surface area contributed by atoms with Crippen molar-refractivity contribution in [3.05, 3.63) is 40.8 Å². The molecule has 6 heteroatoms. The third kappa shape index (κ3) is 2.93. The van der Waals surface area contributed by atoms with Crippen molar-refractivity contribution >= 4 is 27.0 Å². The standard InChI is InChI=1S/C18H21NO3S2/c1-18(2)10-8-13-4-3-5-15(16(13)22-18)19-24(20,21)17-14(9-11-23-17)12-6-7-12/h3-5,9,11-12,19H,6-8,10H2,1-2H3. The zero-order chi connectivity index (χ0) is 16.9. The third-order valence-corrected chi connectivity index (χ3v) is 7.52. The molecule has 24 heavy (non-hydrogen) atoms. The van der Waals surface area contributed by atoms with Crippen molar-refractivity contribution < 1.29 is 13.2 Å². The highest BCUT2D eigenvalue weighted by Gasteiger charge is 2.33. The molecule has 1 N–H and O–H groups in total. The Labute approximate surface area is 146 Å². The summed E-state index contributed by atoms with van der Waals surface area (Å²) in [5, 5.41) is 1.86. The van der Waals surface area contributed by atoms with Crippen LogP contribution in [0, 0.1) is 0 Å². The molecule has 1 aliphatic heterocycles. The van der Waals surface area contributed by atoms with Gasteiger partial charge in [0.05, 0.1) is 5.69 Å². The molecule has 1 aromatic carbocycles. The molecule has 4 rings (SSSR count). The van der Waals surface area contributed by atoms with Crippen molar-refractivity contribution in [3.8, 4) is 5.75 Å². The van der Waals surface area contributed by atoms with E-state index in [4.69, 9.17) is 4.74 Å². The number of para-hydroxylation sites is 1. The number of benzene rings is 1. The Hall–Kier alpha value is -1.53. The third-order valence-electron chi connectivity index (χ3n) is 4.64. The van der Waals surface area contributed by atoms with E-state index >= 15 is 0 Å². The zero-order valence-corrected chi connectivity index (χ0v) is 15.5. The first-order chi connectivity index (χ1) is 11.4. The highest BCUT2D eigenvalue weighted by Crippen LogP contribution is 2.45. The van der Waals surface area contributed by atoms with E-state index in [1.54, 1.807) is 6.07 Å². The summed E-state index contributed by atoms with van der Waals surface area (Å²) < 4.78 is 35.1. The molecule has 0 bridgehead atoms. The van der Waals surface area contributed by atoms with Crippen molar-refractivity contribution in [2.24, 2.45) is 0 Å². The van der Waals surface area contributed by atoms with Gasteiger partial charge in [-0.1, -0.05) is 12.1 Å². The number of hydrogen-bond acceptors (Lipinski definition) is 4. The average molecular weight is 364 g/mol. The van der Waals surface area contributed by atoms with Crippen LogP contribution < -0.4 is 9.46 Å². The molecule has 0 spiro atoms. The molecule has 1 fully saturated rings. The lowest BCUT2D eigenvalue weighted by molar-refractivity contribution is 0.0857. The van der Waals surface area contributed by atoms with Gasteiger partial charge in [0, 0.05) is 0 Å². The molecule has 2 heterocycles.